The van der Waals surface area contributed by atoms with Gasteiger partial charge in [0.05, 0.1) is 0 Å². The van der Waals surface area contributed by atoms with Crippen LogP contribution in [0.5, 0.6) is 0 Å². The third-order valence-corrected chi connectivity index (χ3v) is 2.53. The van der Waals surface area contributed by atoms with Crippen molar-refractivity contribution in [3.05, 3.63) is 42.1 Å². The van der Waals surface area contributed by atoms with E-state index in [1.165, 1.54) is 5.56 Å². The van der Waals surface area contributed by atoms with Crippen molar-refractivity contribution in [2.45, 2.75) is 27.2 Å². The first-order valence-electron chi connectivity index (χ1n) is 5.16. The van der Waals surface area contributed by atoms with Gasteiger partial charge in [-0.05, 0) is 37.0 Å². The predicted molar refractivity (Wildman–Crippen MR) is 63.4 cm³/mol. The van der Waals surface area contributed by atoms with E-state index in [1.807, 2.05) is 0 Å². The van der Waals surface area contributed by atoms with Crippen LogP contribution in [0.1, 0.15) is 25.8 Å². The molecule has 0 bridgehead atoms. The van der Waals surface area contributed by atoms with E-state index in [4.69, 9.17) is 0 Å². The molecule has 0 aromatic heterocycles. The van der Waals surface area contributed by atoms with Crippen LogP contribution in [-0.2, 0) is 0 Å². The lowest BCUT2D eigenvalue weighted by Crippen LogP contribution is -2.06. The number of hydrogen-bond donors (Lipinski definition) is 1. The summed E-state index contributed by atoms with van der Waals surface area (Å²) in [5.74, 6) is 0.524. The van der Waals surface area contributed by atoms with E-state index in [0.717, 1.165) is 17.8 Å². The average Bonchev–Trinajstić information content (AvgIpc) is 2.16. The normalized spacial score (nSPS) is 12.2. The average molecular weight is 189 g/mol. The topological polar surface area (TPSA) is 12.0 Å². The monoisotopic (exact) mass is 189 g/mol. The number of rotatable bonds is 4. The number of benzene rings is 1. The van der Waals surface area contributed by atoms with Gasteiger partial charge in [-0.15, -0.1) is 0 Å². The van der Waals surface area contributed by atoms with Crippen molar-refractivity contribution in [1.82, 2.24) is 0 Å². The molecule has 76 valence electrons. The Morgan fingerprint density at radius 2 is 2.21 bits per heavy atom. The van der Waals surface area contributed by atoms with Gasteiger partial charge in [-0.2, -0.15) is 0 Å². The second-order valence-corrected chi connectivity index (χ2v) is 3.83. The van der Waals surface area contributed by atoms with Gasteiger partial charge in [0.1, 0.15) is 0 Å². The lowest BCUT2D eigenvalue weighted by molar-refractivity contribution is 0.662. The first kappa shape index (κ1) is 10.8. The Hall–Kier alpha value is -1.24. The highest BCUT2D eigenvalue weighted by Gasteiger charge is 2.03. The molecule has 0 heterocycles. The van der Waals surface area contributed by atoms with Crippen molar-refractivity contribution < 1.29 is 0 Å². The van der Waals surface area contributed by atoms with Gasteiger partial charge in [0.2, 0.25) is 0 Å². The fourth-order valence-electron chi connectivity index (χ4n) is 1.28. The minimum absolute atomic E-state index is 0.524. The van der Waals surface area contributed by atoms with E-state index in [1.54, 1.807) is 0 Å². The Morgan fingerprint density at radius 1 is 1.50 bits per heavy atom. The van der Waals surface area contributed by atoms with E-state index < -0.39 is 0 Å². The summed E-state index contributed by atoms with van der Waals surface area (Å²) in [5, 5.41) is 3.34. The highest BCUT2D eigenvalue weighted by molar-refractivity contribution is 5.49. The van der Waals surface area contributed by atoms with Crippen LogP contribution >= 0.6 is 0 Å². The molecule has 1 atom stereocenters. The third kappa shape index (κ3) is 2.91. The van der Waals surface area contributed by atoms with Crippen molar-refractivity contribution in [1.29, 1.82) is 0 Å². The van der Waals surface area contributed by atoms with Crippen LogP contribution in [0.2, 0.25) is 0 Å². The van der Waals surface area contributed by atoms with Crippen molar-refractivity contribution in [3.8, 4) is 0 Å². The second-order valence-electron chi connectivity index (χ2n) is 3.83. The minimum atomic E-state index is 0.524. The minimum Gasteiger partial charge on any atom is -0.359 e. The zero-order chi connectivity index (χ0) is 10.6. The Bertz CT molecular complexity index is 315. The molecular formula is C13H19N. The summed E-state index contributed by atoms with van der Waals surface area (Å²) in [6.07, 6.45) is 1.12. The summed E-state index contributed by atoms with van der Waals surface area (Å²) in [6.45, 7) is 10.5. The lowest BCUT2D eigenvalue weighted by Gasteiger charge is -2.15. The van der Waals surface area contributed by atoms with Crippen molar-refractivity contribution in [2.75, 3.05) is 5.32 Å². The van der Waals surface area contributed by atoms with Crippen LogP contribution in [0.15, 0.2) is 36.5 Å². The maximum atomic E-state index is 4.04. The number of nitrogens with one attached hydrogen (secondary N) is 1. The molecule has 1 rings (SSSR count). The van der Waals surface area contributed by atoms with Crippen molar-refractivity contribution in [2.24, 2.45) is 5.92 Å². The molecule has 0 aliphatic rings. The van der Waals surface area contributed by atoms with Gasteiger partial charge >= 0.3 is 0 Å². The molecule has 1 aromatic carbocycles. The largest absolute Gasteiger partial charge is 0.359 e. The number of anilines is 1. The number of hydrogen-bond acceptors (Lipinski definition) is 1. The Balaban J connectivity index is 2.65. The molecule has 0 aliphatic carbocycles. The van der Waals surface area contributed by atoms with Gasteiger partial charge in [0.15, 0.2) is 0 Å². The lowest BCUT2D eigenvalue weighted by atomic mass is 10.1. The first-order chi connectivity index (χ1) is 6.63. The summed E-state index contributed by atoms with van der Waals surface area (Å²) < 4.78 is 0. The molecule has 1 nitrogen and oxygen atoms in total. The molecular weight excluding hydrogens is 170 g/mol. The van der Waals surface area contributed by atoms with E-state index in [9.17, 15) is 0 Å². The molecule has 1 unspecified atom stereocenters. The molecule has 0 saturated carbocycles. The van der Waals surface area contributed by atoms with Gasteiger partial charge in [0, 0.05) is 11.4 Å². The number of allylic oxidation sites excluding steroid dienone is 1. The molecule has 0 fully saturated rings. The maximum absolute atomic E-state index is 4.04. The van der Waals surface area contributed by atoms with E-state index in [0.29, 0.717) is 5.92 Å². The quantitative estimate of drug-likeness (QED) is 0.755. The van der Waals surface area contributed by atoms with Crippen LogP contribution in [0.4, 0.5) is 5.69 Å². The molecule has 0 aliphatic heterocycles. The Labute approximate surface area is 86.8 Å². The van der Waals surface area contributed by atoms with Gasteiger partial charge in [-0.25, -0.2) is 0 Å². The van der Waals surface area contributed by atoms with Gasteiger partial charge in [-0.1, -0.05) is 32.6 Å². The zero-order valence-corrected chi connectivity index (χ0v) is 9.30. The summed E-state index contributed by atoms with van der Waals surface area (Å²) in [5.41, 5.74) is 3.50. The number of aryl methyl sites for hydroxylation is 1. The SMILES string of the molecule is C=C(Nc1cccc(C)c1)C(C)CC. The summed E-state index contributed by atoms with van der Waals surface area (Å²) in [6, 6.07) is 8.35. The highest BCUT2D eigenvalue weighted by Crippen LogP contribution is 2.17. The summed E-state index contributed by atoms with van der Waals surface area (Å²) in [4.78, 5) is 0. The van der Waals surface area contributed by atoms with Crippen LogP contribution in [-0.4, -0.2) is 0 Å². The third-order valence-electron chi connectivity index (χ3n) is 2.53. The van der Waals surface area contributed by atoms with E-state index >= 15 is 0 Å². The molecule has 0 spiro atoms. The Morgan fingerprint density at radius 3 is 2.79 bits per heavy atom. The van der Waals surface area contributed by atoms with Crippen molar-refractivity contribution >= 4 is 5.69 Å². The van der Waals surface area contributed by atoms with Crippen LogP contribution in [0, 0.1) is 12.8 Å². The molecule has 1 aromatic rings. The van der Waals surface area contributed by atoms with Crippen LogP contribution < -0.4 is 5.32 Å². The van der Waals surface area contributed by atoms with E-state index in [-0.39, 0.29) is 0 Å². The van der Waals surface area contributed by atoms with Gasteiger partial charge in [0.25, 0.3) is 0 Å². The summed E-state index contributed by atoms with van der Waals surface area (Å²) >= 11 is 0. The molecule has 0 saturated heterocycles. The fourth-order valence-corrected chi connectivity index (χ4v) is 1.28. The Kier molecular flexibility index (Phi) is 3.75. The van der Waals surface area contributed by atoms with Crippen molar-refractivity contribution in [3.63, 3.8) is 0 Å². The van der Waals surface area contributed by atoms with E-state index in [2.05, 4.69) is 56.9 Å². The summed E-state index contributed by atoms with van der Waals surface area (Å²) in [7, 11) is 0. The first-order valence-corrected chi connectivity index (χ1v) is 5.16. The highest BCUT2D eigenvalue weighted by atomic mass is 14.9. The molecule has 1 heteroatoms. The second kappa shape index (κ2) is 4.85. The molecule has 0 radical (unpaired) electrons. The smallest absolute Gasteiger partial charge is 0.0384 e. The van der Waals surface area contributed by atoms with Crippen LogP contribution in [0.3, 0.4) is 0 Å². The predicted octanol–water partition coefficient (Wildman–Crippen LogP) is 3.97. The van der Waals surface area contributed by atoms with Crippen LogP contribution in [0.25, 0.3) is 0 Å². The molecule has 1 N–H and O–H groups in total. The molecule has 14 heavy (non-hydrogen) atoms. The maximum Gasteiger partial charge on any atom is 0.0384 e. The zero-order valence-electron chi connectivity index (χ0n) is 9.30. The van der Waals surface area contributed by atoms with Gasteiger partial charge < -0.3 is 5.32 Å². The fraction of sp³-hybridized carbons (Fsp3) is 0.385. The molecule has 0 amide bonds. The standard InChI is InChI=1S/C13H19N/c1-5-11(3)12(4)14-13-8-6-7-10(2)9-13/h6-9,11,14H,4-5H2,1-3H3. The van der Waals surface area contributed by atoms with Gasteiger partial charge in [-0.3, -0.25) is 0 Å².